The van der Waals surface area contributed by atoms with Crippen LogP contribution in [0.25, 0.3) is 5.69 Å². The normalized spacial score (nSPS) is 10.5. The second-order valence-corrected chi connectivity index (χ2v) is 4.61. The van der Waals surface area contributed by atoms with E-state index in [1.165, 1.54) is 11.4 Å². The van der Waals surface area contributed by atoms with E-state index in [2.05, 4.69) is 52.5 Å². The minimum absolute atomic E-state index is 0.880. The predicted octanol–water partition coefficient (Wildman–Crippen LogP) is 3.87. The first kappa shape index (κ1) is 11.3. The summed E-state index contributed by atoms with van der Waals surface area (Å²) in [6.45, 7) is 4.20. The molecule has 84 valence electrons. The summed E-state index contributed by atoms with van der Waals surface area (Å²) in [4.78, 5) is 0. The van der Waals surface area contributed by atoms with Gasteiger partial charge in [-0.25, -0.2) is 0 Å². The third kappa shape index (κ3) is 1.87. The van der Waals surface area contributed by atoms with Gasteiger partial charge in [-0.1, -0.05) is 0 Å². The molecule has 0 aliphatic rings. The van der Waals surface area contributed by atoms with Crippen molar-refractivity contribution >= 4 is 15.9 Å². The molecule has 1 aromatic heterocycles. The Kier molecular flexibility index (Phi) is 3.06. The van der Waals surface area contributed by atoms with Crippen LogP contribution in [0.3, 0.4) is 0 Å². The lowest BCUT2D eigenvalue weighted by Gasteiger charge is -2.10. The molecule has 0 saturated heterocycles. The Morgan fingerprint density at radius 3 is 2.19 bits per heavy atom. The van der Waals surface area contributed by atoms with Crippen molar-refractivity contribution in [2.24, 2.45) is 0 Å². The molecule has 2 aromatic rings. The van der Waals surface area contributed by atoms with Crippen molar-refractivity contribution in [1.82, 2.24) is 4.57 Å². The molecule has 0 aliphatic heterocycles. The minimum Gasteiger partial charge on any atom is -0.497 e. The fraction of sp³-hybridized carbons (Fsp3) is 0.231. The Hall–Kier alpha value is -1.22. The smallest absolute Gasteiger partial charge is 0.119 e. The van der Waals surface area contributed by atoms with Crippen LogP contribution >= 0.6 is 15.9 Å². The molecule has 1 aromatic carbocycles. The first-order chi connectivity index (χ1) is 7.63. The Morgan fingerprint density at radius 1 is 1.12 bits per heavy atom. The summed E-state index contributed by atoms with van der Waals surface area (Å²) in [5.74, 6) is 0.880. The number of benzene rings is 1. The third-order valence-electron chi connectivity index (χ3n) is 2.70. The quantitative estimate of drug-likeness (QED) is 0.814. The summed E-state index contributed by atoms with van der Waals surface area (Å²) < 4.78 is 8.50. The number of aromatic nitrogens is 1. The standard InChI is InChI=1S/C13H14BrNO/c1-9-8-13(14)10(2)15(9)11-4-6-12(16-3)7-5-11/h4-8H,1-3H3. The van der Waals surface area contributed by atoms with E-state index in [9.17, 15) is 0 Å². The van der Waals surface area contributed by atoms with Crippen molar-refractivity contribution in [3.8, 4) is 11.4 Å². The number of halogens is 1. The van der Waals surface area contributed by atoms with Gasteiger partial charge >= 0.3 is 0 Å². The maximum absolute atomic E-state index is 5.15. The fourth-order valence-corrected chi connectivity index (χ4v) is 2.36. The molecule has 0 amide bonds. The van der Waals surface area contributed by atoms with E-state index in [1.54, 1.807) is 7.11 Å². The van der Waals surface area contributed by atoms with Crippen molar-refractivity contribution in [2.75, 3.05) is 7.11 Å². The van der Waals surface area contributed by atoms with Gasteiger partial charge in [-0.15, -0.1) is 0 Å². The van der Waals surface area contributed by atoms with Gasteiger partial charge in [0, 0.05) is 21.5 Å². The van der Waals surface area contributed by atoms with Gasteiger partial charge in [0.15, 0.2) is 0 Å². The SMILES string of the molecule is COc1ccc(-n2c(C)cc(Br)c2C)cc1. The molecule has 0 saturated carbocycles. The average molecular weight is 280 g/mol. The van der Waals surface area contributed by atoms with E-state index in [4.69, 9.17) is 4.74 Å². The highest BCUT2D eigenvalue weighted by atomic mass is 79.9. The molecule has 0 unspecified atom stereocenters. The zero-order valence-corrected chi connectivity index (χ0v) is 11.2. The van der Waals surface area contributed by atoms with Crippen LogP contribution in [0.15, 0.2) is 34.8 Å². The van der Waals surface area contributed by atoms with Gasteiger partial charge in [0.1, 0.15) is 5.75 Å². The fourth-order valence-electron chi connectivity index (χ4n) is 1.85. The zero-order valence-electron chi connectivity index (χ0n) is 9.62. The molecule has 0 aliphatic carbocycles. The Morgan fingerprint density at radius 2 is 1.75 bits per heavy atom. The van der Waals surface area contributed by atoms with Crippen molar-refractivity contribution in [1.29, 1.82) is 0 Å². The van der Waals surface area contributed by atoms with Crippen LogP contribution < -0.4 is 4.74 Å². The first-order valence-corrected chi connectivity index (χ1v) is 5.91. The van der Waals surface area contributed by atoms with Crippen LogP contribution in [0.2, 0.25) is 0 Å². The van der Waals surface area contributed by atoms with Crippen LogP contribution in [0, 0.1) is 13.8 Å². The average Bonchev–Trinajstić information content (AvgIpc) is 2.54. The van der Waals surface area contributed by atoms with E-state index in [0.717, 1.165) is 15.9 Å². The lowest BCUT2D eigenvalue weighted by Crippen LogP contribution is -1.98. The molecule has 16 heavy (non-hydrogen) atoms. The van der Waals surface area contributed by atoms with Gasteiger partial charge in [-0.3, -0.25) is 0 Å². The van der Waals surface area contributed by atoms with Gasteiger partial charge in [0.25, 0.3) is 0 Å². The monoisotopic (exact) mass is 279 g/mol. The Labute approximate surface area is 104 Å². The second kappa shape index (κ2) is 4.34. The van der Waals surface area contributed by atoms with E-state index < -0.39 is 0 Å². The topological polar surface area (TPSA) is 14.2 Å². The molecule has 2 nitrogen and oxygen atoms in total. The largest absolute Gasteiger partial charge is 0.497 e. The van der Waals surface area contributed by atoms with Crippen molar-refractivity contribution < 1.29 is 4.74 Å². The number of rotatable bonds is 2. The van der Waals surface area contributed by atoms with Crippen LogP contribution in [0.4, 0.5) is 0 Å². The van der Waals surface area contributed by atoms with E-state index in [0.29, 0.717) is 0 Å². The number of hydrogen-bond acceptors (Lipinski definition) is 1. The highest BCUT2D eigenvalue weighted by Gasteiger charge is 2.08. The summed E-state index contributed by atoms with van der Waals surface area (Å²) in [5.41, 5.74) is 3.58. The molecular weight excluding hydrogens is 266 g/mol. The molecular formula is C13H14BrNO. The third-order valence-corrected chi connectivity index (χ3v) is 3.50. The predicted molar refractivity (Wildman–Crippen MR) is 69.5 cm³/mol. The Balaban J connectivity index is 2.50. The van der Waals surface area contributed by atoms with E-state index >= 15 is 0 Å². The van der Waals surface area contributed by atoms with E-state index in [-0.39, 0.29) is 0 Å². The van der Waals surface area contributed by atoms with Gasteiger partial charge < -0.3 is 9.30 Å². The summed E-state index contributed by atoms with van der Waals surface area (Å²) in [6.07, 6.45) is 0. The van der Waals surface area contributed by atoms with Gasteiger partial charge in [-0.2, -0.15) is 0 Å². The van der Waals surface area contributed by atoms with Gasteiger partial charge in [0.05, 0.1) is 7.11 Å². The van der Waals surface area contributed by atoms with Crippen molar-refractivity contribution in [3.05, 3.63) is 46.2 Å². The highest BCUT2D eigenvalue weighted by Crippen LogP contribution is 2.25. The number of methoxy groups -OCH3 is 1. The Bertz CT molecular complexity index is 499. The zero-order chi connectivity index (χ0) is 11.7. The van der Waals surface area contributed by atoms with Gasteiger partial charge in [0.2, 0.25) is 0 Å². The summed E-state index contributed by atoms with van der Waals surface area (Å²) in [6, 6.07) is 10.2. The molecule has 0 spiro atoms. The minimum atomic E-state index is 0.880. The van der Waals surface area contributed by atoms with Crippen LogP contribution in [0.5, 0.6) is 5.75 Å². The maximum atomic E-state index is 5.15. The van der Waals surface area contributed by atoms with Crippen LogP contribution in [-0.4, -0.2) is 11.7 Å². The highest BCUT2D eigenvalue weighted by molar-refractivity contribution is 9.10. The molecule has 0 bridgehead atoms. The lowest BCUT2D eigenvalue weighted by atomic mass is 10.3. The number of nitrogens with zero attached hydrogens (tertiary/aromatic N) is 1. The second-order valence-electron chi connectivity index (χ2n) is 3.75. The number of ether oxygens (including phenoxy) is 1. The number of hydrogen-bond donors (Lipinski definition) is 0. The number of aryl methyl sites for hydroxylation is 1. The summed E-state index contributed by atoms with van der Waals surface area (Å²) in [5, 5.41) is 0. The van der Waals surface area contributed by atoms with Crippen molar-refractivity contribution in [2.45, 2.75) is 13.8 Å². The first-order valence-electron chi connectivity index (χ1n) is 5.12. The van der Waals surface area contributed by atoms with Crippen LogP contribution in [-0.2, 0) is 0 Å². The summed E-state index contributed by atoms with van der Waals surface area (Å²) in [7, 11) is 1.68. The molecule has 0 N–H and O–H groups in total. The van der Waals surface area contributed by atoms with Crippen molar-refractivity contribution in [3.63, 3.8) is 0 Å². The molecule has 1 heterocycles. The molecule has 2 rings (SSSR count). The lowest BCUT2D eigenvalue weighted by molar-refractivity contribution is 0.414. The summed E-state index contributed by atoms with van der Waals surface area (Å²) >= 11 is 3.55. The van der Waals surface area contributed by atoms with Gasteiger partial charge in [-0.05, 0) is 60.1 Å². The molecule has 0 fully saturated rings. The molecule has 0 atom stereocenters. The molecule has 3 heteroatoms. The molecule has 0 radical (unpaired) electrons. The van der Waals surface area contributed by atoms with Crippen LogP contribution in [0.1, 0.15) is 11.4 Å². The maximum Gasteiger partial charge on any atom is 0.119 e. The van der Waals surface area contributed by atoms with E-state index in [1.807, 2.05) is 12.1 Å².